The van der Waals surface area contributed by atoms with E-state index in [0.717, 1.165) is 38.5 Å². The topological polar surface area (TPSA) is 54.5 Å². The van der Waals surface area contributed by atoms with Gasteiger partial charge in [-0.05, 0) is 37.0 Å². The molecule has 2 bridgehead atoms. The Bertz CT molecular complexity index is 583. The highest BCUT2D eigenvalue weighted by molar-refractivity contribution is 7.90. The lowest BCUT2D eigenvalue weighted by Gasteiger charge is -2.37. The van der Waals surface area contributed by atoms with Gasteiger partial charge in [-0.25, -0.2) is 12.7 Å². The molecule has 4 nitrogen and oxygen atoms in total. The quantitative estimate of drug-likeness (QED) is 0.692. The Hall–Kier alpha value is -0.580. The molecular formula is C18H31NO3S. The summed E-state index contributed by atoms with van der Waals surface area (Å²) in [6.07, 6.45) is 8.71. The molecule has 5 heteroatoms. The van der Waals surface area contributed by atoms with Crippen molar-refractivity contribution in [1.82, 2.24) is 4.31 Å². The van der Waals surface area contributed by atoms with E-state index in [-0.39, 0.29) is 28.5 Å². The third-order valence-electron chi connectivity index (χ3n) is 7.15. The molecule has 1 aliphatic heterocycles. The predicted molar refractivity (Wildman–Crippen MR) is 91.4 cm³/mol. The van der Waals surface area contributed by atoms with Crippen LogP contribution < -0.4 is 0 Å². The Morgan fingerprint density at radius 3 is 2.52 bits per heavy atom. The van der Waals surface area contributed by atoms with E-state index in [0.29, 0.717) is 12.3 Å². The zero-order chi connectivity index (χ0) is 16.9. The molecule has 1 saturated heterocycles. The number of fused-ring (bicyclic) bond motifs is 1. The Morgan fingerprint density at radius 1 is 1.17 bits per heavy atom. The van der Waals surface area contributed by atoms with Crippen LogP contribution >= 0.6 is 0 Å². The first kappa shape index (κ1) is 17.2. The summed E-state index contributed by atoms with van der Waals surface area (Å²) in [5.41, 5.74) is -0.144. The van der Waals surface area contributed by atoms with E-state index in [1.54, 1.807) is 0 Å². The normalized spacial score (nSPS) is 36.4. The maximum Gasteiger partial charge on any atom is 0.238 e. The summed E-state index contributed by atoms with van der Waals surface area (Å²) in [6, 6.07) is -0.0654. The smallest absolute Gasteiger partial charge is 0.238 e. The van der Waals surface area contributed by atoms with Crippen LogP contribution in [-0.4, -0.2) is 30.4 Å². The van der Waals surface area contributed by atoms with Gasteiger partial charge in [0.1, 0.15) is 0 Å². The second-order valence-electron chi connectivity index (χ2n) is 8.47. The predicted octanol–water partition coefficient (Wildman–Crippen LogP) is 3.71. The van der Waals surface area contributed by atoms with Crippen LogP contribution in [0.1, 0.15) is 78.6 Å². The Balaban J connectivity index is 1.72. The van der Waals surface area contributed by atoms with Crippen molar-refractivity contribution in [3.05, 3.63) is 0 Å². The fourth-order valence-corrected chi connectivity index (χ4v) is 8.18. The van der Waals surface area contributed by atoms with Gasteiger partial charge in [-0.15, -0.1) is 0 Å². The standard InChI is InChI=1S/C18H31NO3S/c1-4-5-6-7-8-9-16(20)19-15-12-14-10-11-18(15,17(14,2)3)13-23(19,21)22/h14-15H,4-13H2,1-3H3/t14-,15+,18+/m0/s1. The number of nitrogens with zero attached hydrogens (tertiary/aromatic N) is 1. The summed E-state index contributed by atoms with van der Waals surface area (Å²) in [5.74, 6) is 0.616. The van der Waals surface area contributed by atoms with Gasteiger partial charge in [0.2, 0.25) is 15.9 Å². The average molecular weight is 342 g/mol. The minimum Gasteiger partial charge on any atom is -0.274 e. The first-order chi connectivity index (χ1) is 10.8. The summed E-state index contributed by atoms with van der Waals surface area (Å²) in [7, 11) is -3.42. The molecule has 3 rings (SSSR count). The Morgan fingerprint density at radius 2 is 1.87 bits per heavy atom. The molecule has 0 aromatic rings. The summed E-state index contributed by atoms with van der Waals surface area (Å²) < 4.78 is 26.8. The van der Waals surface area contributed by atoms with Gasteiger partial charge >= 0.3 is 0 Å². The van der Waals surface area contributed by atoms with E-state index in [1.807, 2.05) is 0 Å². The molecule has 2 saturated carbocycles. The van der Waals surface area contributed by atoms with Crippen LogP contribution in [0.2, 0.25) is 0 Å². The summed E-state index contributed by atoms with van der Waals surface area (Å²) in [4.78, 5) is 12.7. The van der Waals surface area contributed by atoms with Gasteiger partial charge in [-0.2, -0.15) is 0 Å². The number of amides is 1. The van der Waals surface area contributed by atoms with E-state index < -0.39 is 10.0 Å². The van der Waals surface area contributed by atoms with Crippen LogP contribution in [0, 0.1) is 16.7 Å². The van der Waals surface area contributed by atoms with Crippen LogP contribution in [0.15, 0.2) is 0 Å². The number of rotatable bonds is 6. The number of hydrogen-bond acceptors (Lipinski definition) is 3. The van der Waals surface area contributed by atoms with Crippen LogP contribution in [0.4, 0.5) is 0 Å². The molecule has 0 unspecified atom stereocenters. The van der Waals surface area contributed by atoms with Crippen LogP contribution in [-0.2, 0) is 14.8 Å². The molecule has 0 radical (unpaired) electrons. The van der Waals surface area contributed by atoms with E-state index in [2.05, 4.69) is 20.8 Å². The summed E-state index contributed by atoms with van der Waals surface area (Å²) in [6.45, 7) is 6.61. The monoisotopic (exact) mass is 341 g/mol. The van der Waals surface area contributed by atoms with Gasteiger partial charge < -0.3 is 0 Å². The van der Waals surface area contributed by atoms with Gasteiger partial charge in [-0.3, -0.25) is 4.79 Å². The zero-order valence-electron chi connectivity index (χ0n) is 14.8. The number of hydrogen-bond donors (Lipinski definition) is 0. The first-order valence-corrected chi connectivity index (χ1v) is 10.9. The molecule has 1 heterocycles. The minimum absolute atomic E-state index is 0.0426. The molecule has 1 amide bonds. The average Bonchev–Trinajstić information content (AvgIpc) is 2.93. The highest BCUT2D eigenvalue weighted by Gasteiger charge is 2.72. The zero-order valence-corrected chi connectivity index (χ0v) is 15.6. The fourth-order valence-electron chi connectivity index (χ4n) is 5.61. The van der Waals surface area contributed by atoms with Crippen molar-refractivity contribution < 1.29 is 13.2 Å². The summed E-state index contributed by atoms with van der Waals surface area (Å²) >= 11 is 0. The molecule has 23 heavy (non-hydrogen) atoms. The molecule has 3 aliphatic rings. The molecule has 132 valence electrons. The molecule has 3 atom stereocenters. The number of sulfonamides is 1. The molecule has 2 aliphatic carbocycles. The Kier molecular flexibility index (Phi) is 4.31. The molecule has 3 fully saturated rings. The Labute approximate surface area is 141 Å². The largest absolute Gasteiger partial charge is 0.274 e. The van der Waals surface area contributed by atoms with Crippen LogP contribution in [0.25, 0.3) is 0 Å². The highest BCUT2D eigenvalue weighted by Crippen LogP contribution is 2.70. The van der Waals surface area contributed by atoms with Gasteiger partial charge in [0, 0.05) is 11.8 Å². The van der Waals surface area contributed by atoms with E-state index in [1.165, 1.54) is 17.1 Å². The minimum atomic E-state index is -3.42. The second kappa shape index (κ2) is 5.75. The second-order valence-corrected chi connectivity index (χ2v) is 10.3. The van der Waals surface area contributed by atoms with E-state index in [9.17, 15) is 13.2 Å². The molecule has 0 aromatic heterocycles. The number of carbonyl (C=O) groups excluding carboxylic acids is 1. The van der Waals surface area contributed by atoms with Crippen molar-refractivity contribution >= 4 is 15.9 Å². The fraction of sp³-hybridized carbons (Fsp3) is 0.944. The molecular weight excluding hydrogens is 310 g/mol. The molecule has 0 aromatic carbocycles. The first-order valence-electron chi connectivity index (χ1n) is 9.31. The van der Waals surface area contributed by atoms with Crippen molar-refractivity contribution in [3.63, 3.8) is 0 Å². The van der Waals surface area contributed by atoms with E-state index in [4.69, 9.17) is 0 Å². The van der Waals surface area contributed by atoms with Gasteiger partial charge in [0.25, 0.3) is 0 Å². The number of unbranched alkanes of at least 4 members (excludes halogenated alkanes) is 4. The van der Waals surface area contributed by atoms with E-state index >= 15 is 0 Å². The maximum atomic E-state index is 12.7. The van der Waals surface area contributed by atoms with Crippen molar-refractivity contribution in [1.29, 1.82) is 0 Å². The maximum absolute atomic E-state index is 12.7. The molecule has 0 N–H and O–H groups in total. The van der Waals surface area contributed by atoms with Crippen molar-refractivity contribution in [2.24, 2.45) is 16.7 Å². The highest BCUT2D eigenvalue weighted by atomic mass is 32.2. The third kappa shape index (κ3) is 2.45. The van der Waals surface area contributed by atoms with Gasteiger partial charge in [0.05, 0.1) is 11.8 Å². The summed E-state index contributed by atoms with van der Waals surface area (Å²) in [5, 5.41) is 0. The van der Waals surface area contributed by atoms with Gasteiger partial charge in [-0.1, -0.05) is 46.5 Å². The lowest BCUT2D eigenvalue weighted by Crippen LogP contribution is -2.44. The lowest BCUT2D eigenvalue weighted by atomic mass is 9.69. The lowest BCUT2D eigenvalue weighted by molar-refractivity contribution is -0.129. The SMILES string of the molecule is CCCCCCCC(=O)N1[C@@H]2C[C@@H]3CC[C@]2(CS1(=O)=O)C3(C)C. The third-order valence-corrected chi connectivity index (χ3v) is 9.09. The molecule has 1 spiro atoms. The van der Waals surface area contributed by atoms with Crippen molar-refractivity contribution in [2.45, 2.75) is 84.6 Å². The number of carbonyl (C=O) groups is 1. The van der Waals surface area contributed by atoms with Crippen LogP contribution in [0.3, 0.4) is 0 Å². The van der Waals surface area contributed by atoms with Gasteiger partial charge in [0.15, 0.2) is 0 Å². The van der Waals surface area contributed by atoms with Crippen molar-refractivity contribution in [2.75, 3.05) is 5.75 Å². The van der Waals surface area contributed by atoms with Crippen molar-refractivity contribution in [3.8, 4) is 0 Å². The van der Waals surface area contributed by atoms with Crippen LogP contribution in [0.5, 0.6) is 0 Å².